The summed E-state index contributed by atoms with van der Waals surface area (Å²) in [7, 11) is -2.41. The Morgan fingerprint density at radius 1 is 1.19 bits per heavy atom. The number of sulfonamides is 1. The van der Waals surface area contributed by atoms with Crippen molar-refractivity contribution in [2.24, 2.45) is 0 Å². The molecule has 0 saturated carbocycles. The lowest BCUT2D eigenvalue weighted by Gasteiger charge is -2.28. The van der Waals surface area contributed by atoms with E-state index >= 15 is 0 Å². The van der Waals surface area contributed by atoms with Crippen LogP contribution in [0.3, 0.4) is 0 Å². The molecule has 1 aliphatic rings. The van der Waals surface area contributed by atoms with Crippen LogP contribution in [-0.2, 0) is 19.6 Å². The van der Waals surface area contributed by atoms with Crippen molar-refractivity contribution in [1.82, 2.24) is 14.1 Å². The Balaban J connectivity index is 2.16. The maximum absolute atomic E-state index is 13.1. The monoisotopic (exact) mass is 399 g/mol. The van der Waals surface area contributed by atoms with E-state index in [1.54, 1.807) is 4.90 Å². The van der Waals surface area contributed by atoms with Gasteiger partial charge in [0.15, 0.2) is 0 Å². The summed E-state index contributed by atoms with van der Waals surface area (Å²) < 4.78 is 40.0. The number of benzene rings is 1. The molecule has 1 aromatic carbocycles. The molecule has 1 fully saturated rings. The lowest BCUT2D eigenvalue weighted by atomic mass is 10.2. The van der Waals surface area contributed by atoms with E-state index in [1.807, 2.05) is 13.8 Å². The highest BCUT2D eigenvalue weighted by Gasteiger charge is 2.40. The Morgan fingerprint density at radius 3 is 2.33 bits per heavy atom. The van der Waals surface area contributed by atoms with E-state index in [0.717, 1.165) is 16.4 Å². The van der Waals surface area contributed by atoms with E-state index in [9.17, 15) is 22.4 Å². The first-order chi connectivity index (χ1) is 12.7. The minimum Gasteiger partial charge on any atom is -0.342 e. The van der Waals surface area contributed by atoms with Gasteiger partial charge >= 0.3 is 0 Å². The van der Waals surface area contributed by atoms with E-state index < -0.39 is 27.8 Å². The average Bonchev–Trinajstić information content (AvgIpc) is 3.13. The molecule has 9 heteroatoms. The van der Waals surface area contributed by atoms with Gasteiger partial charge < -0.3 is 9.80 Å². The molecule has 2 amide bonds. The third-order valence-electron chi connectivity index (χ3n) is 4.77. The second kappa shape index (κ2) is 8.79. The molecule has 1 saturated heterocycles. The summed E-state index contributed by atoms with van der Waals surface area (Å²) in [6, 6.07) is 3.69. The standard InChI is InChI=1S/C18H26FN3O4S/c1-4-21(5-2)17(23)13-20(3)18(24)16-7-6-12-22(16)27(25,26)15-10-8-14(19)9-11-15/h8-11,16H,4-7,12-13H2,1-3H3. The van der Waals surface area contributed by atoms with Crippen LogP contribution in [0.1, 0.15) is 26.7 Å². The predicted octanol–water partition coefficient (Wildman–Crippen LogP) is 1.31. The minimum atomic E-state index is -3.91. The molecule has 0 spiro atoms. The van der Waals surface area contributed by atoms with Crippen LogP contribution in [-0.4, -0.2) is 73.6 Å². The molecule has 1 atom stereocenters. The molecule has 2 rings (SSSR count). The minimum absolute atomic E-state index is 0.0505. The van der Waals surface area contributed by atoms with E-state index in [0.29, 0.717) is 25.9 Å². The molecule has 27 heavy (non-hydrogen) atoms. The summed E-state index contributed by atoms with van der Waals surface area (Å²) in [5.74, 6) is -1.11. The Morgan fingerprint density at radius 2 is 1.78 bits per heavy atom. The maximum atomic E-state index is 13.1. The summed E-state index contributed by atoms with van der Waals surface area (Å²) in [5, 5.41) is 0. The third-order valence-corrected chi connectivity index (χ3v) is 6.70. The molecular formula is C18H26FN3O4S. The van der Waals surface area contributed by atoms with E-state index in [2.05, 4.69) is 0 Å². The Labute approximate surface area is 159 Å². The van der Waals surface area contributed by atoms with Crippen molar-refractivity contribution >= 4 is 21.8 Å². The highest BCUT2D eigenvalue weighted by Crippen LogP contribution is 2.27. The van der Waals surface area contributed by atoms with Gasteiger partial charge in [0.1, 0.15) is 11.9 Å². The SMILES string of the molecule is CCN(CC)C(=O)CN(C)C(=O)C1CCCN1S(=O)(=O)c1ccc(F)cc1. The summed E-state index contributed by atoms with van der Waals surface area (Å²) >= 11 is 0. The van der Waals surface area contributed by atoms with E-state index in [-0.39, 0.29) is 23.9 Å². The zero-order valence-electron chi connectivity index (χ0n) is 15.9. The first-order valence-electron chi connectivity index (χ1n) is 9.02. The Bertz CT molecular complexity index is 778. The topological polar surface area (TPSA) is 78.0 Å². The van der Waals surface area contributed by atoms with Crippen molar-refractivity contribution < 1.29 is 22.4 Å². The fourth-order valence-corrected chi connectivity index (χ4v) is 4.88. The van der Waals surface area contributed by atoms with Crippen molar-refractivity contribution in [1.29, 1.82) is 0 Å². The Kier molecular flexibility index (Phi) is 6.94. The molecule has 0 bridgehead atoms. The van der Waals surface area contributed by atoms with Crippen molar-refractivity contribution in [3.63, 3.8) is 0 Å². The number of nitrogens with zero attached hydrogens (tertiary/aromatic N) is 3. The molecular weight excluding hydrogens is 373 g/mol. The van der Waals surface area contributed by atoms with Crippen LogP contribution in [0, 0.1) is 5.82 Å². The molecule has 0 aromatic heterocycles. The molecule has 1 unspecified atom stereocenters. The van der Waals surface area contributed by atoms with Crippen molar-refractivity contribution in [2.45, 2.75) is 37.6 Å². The van der Waals surface area contributed by atoms with Gasteiger partial charge in [-0.2, -0.15) is 4.31 Å². The average molecular weight is 399 g/mol. The summed E-state index contributed by atoms with van der Waals surface area (Å²) in [6.07, 6.45) is 0.942. The molecule has 1 heterocycles. The lowest BCUT2D eigenvalue weighted by molar-refractivity contribution is -0.141. The maximum Gasteiger partial charge on any atom is 0.243 e. The van der Waals surface area contributed by atoms with Crippen molar-refractivity contribution in [2.75, 3.05) is 33.2 Å². The van der Waals surface area contributed by atoms with Crippen LogP contribution in [0.2, 0.25) is 0 Å². The van der Waals surface area contributed by atoms with Gasteiger partial charge in [-0.1, -0.05) is 0 Å². The summed E-state index contributed by atoms with van der Waals surface area (Å²) in [6.45, 7) is 4.93. The number of carbonyl (C=O) groups excluding carboxylic acids is 2. The molecule has 7 nitrogen and oxygen atoms in total. The van der Waals surface area contributed by atoms with Gasteiger partial charge in [-0.3, -0.25) is 9.59 Å². The first-order valence-corrected chi connectivity index (χ1v) is 10.5. The fraction of sp³-hybridized carbons (Fsp3) is 0.556. The molecule has 1 aromatic rings. The molecule has 0 N–H and O–H groups in total. The van der Waals surface area contributed by atoms with Crippen LogP contribution in [0.15, 0.2) is 29.2 Å². The van der Waals surface area contributed by atoms with Crippen LogP contribution >= 0.6 is 0 Å². The summed E-state index contributed by atoms with van der Waals surface area (Å²) in [4.78, 5) is 27.9. The van der Waals surface area contributed by atoms with E-state index in [1.165, 1.54) is 24.1 Å². The number of rotatable bonds is 7. The Hall–Kier alpha value is -2.00. The first kappa shape index (κ1) is 21.3. The fourth-order valence-electron chi connectivity index (χ4n) is 3.23. The normalized spacial score (nSPS) is 17.7. The number of halogens is 1. The number of amides is 2. The number of likely N-dealkylation sites (N-methyl/N-ethyl adjacent to an activating group) is 2. The second-order valence-corrected chi connectivity index (χ2v) is 8.38. The molecule has 0 aliphatic carbocycles. The highest BCUT2D eigenvalue weighted by molar-refractivity contribution is 7.89. The van der Waals surface area contributed by atoms with Gasteiger partial charge in [-0.05, 0) is 51.0 Å². The van der Waals surface area contributed by atoms with Gasteiger partial charge in [0.25, 0.3) is 0 Å². The zero-order valence-corrected chi connectivity index (χ0v) is 16.7. The van der Waals surface area contributed by atoms with Crippen molar-refractivity contribution in [3.05, 3.63) is 30.1 Å². The van der Waals surface area contributed by atoms with Gasteiger partial charge in [0, 0.05) is 26.7 Å². The number of hydrogen-bond donors (Lipinski definition) is 0. The highest BCUT2D eigenvalue weighted by atomic mass is 32.2. The van der Waals surface area contributed by atoms with Crippen LogP contribution in [0.4, 0.5) is 4.39 Å². The number of carbonyl (C=O) groups is 2. The van der Waals surface area contributed by atoms with Gasteiger partial charge in [0.2, 0.25) is 21.8 Å². The molecule has 1 aliphatic heterocycles. The van der Waals surface area contributed by atoms with Gasteiger partial charge in [-0.15, -0.1) is 0 Å². The van der Waals surface area contributed by atoms with Crippen LogP contribution < -0.4 is 0 Å². The smallest absolute Gasteiger partial charge is 0.243 e. The van der Waals surface area contributed by atoms with Crippen molar-refractivity contribution in [3.8, 4) is 0 Å². The summed E-state index contributed by atoms with van der Waals surface area (Å²) in [5.41, 5.74) is 0. The molecule has 150 valence electrons. The van der Waals surface area contributed by atoms with Gasteiger partial charge in [0.05, 0.1) is 11.4 Å². The largest absolute Gasteiger partial charge is 0.342 e. The van der Waals surface area contributed by atoms with Crippen LogP contribution in [0.25, 0.3) is 0 Å². The second-order valence-electron chi connectivity index (χ2n) is 6.49. The zero-order chi connectivity index (χ0) is 20.2. The quantitative estimate of drug-likeness (QED) is 0.693. The van der Waals surface area contributed by atoms with Gasteiger partial charge in [-0.25, -0.2) is 12.8 Å². The molecule has 0 radical (unpaired) electrons. The predicted molar refractivity (Wildman–Crippen MR) is 98.9 cm³/mol. The lowest BCUT2D eigenvalue weighted by Crippen LogP contribution is -2.49. The van der Waals surface area contributed by atoms with Crippen LogP contribution in [0.5, 0.6) is 0 Å². The third kappa shape index (κ3) is 4.65. The number of hydrogen-bond acceptors (Lipinski definition) is 4. The van der Waals surface area contributed by atoms with E-state index in [4.69, 9.17) is 0 Å².